The first-order chi connectivity index (χ1) is 7.84. The number of hydrogen-bond donors (Lipinski definition) is 1. The van der Waals surface area contributed by atoms with Crippen LogP contribution in [0.15, 0.2) is 24.5 Å². The first-order valence-corrected chi connectivity index (χ1v) is 5.46. The van der Waals surface area contributed by atoms with Crippen LogP contribution >= 0.6 is 0 Å². The van der Waals surface area contributed by atoms with E-state index in [1.54, 1.807) is 39.2 Å². The van der Waals surface area contributed by atoms with E-state index in [1.165, 1.54) is 4.90 Å². The van der Waals surface area contributed by atoms with Gasteiger partial charge in [0.15, 0.2) is 11.3 Å². The number of rotatable bonds is 2. The van der Waals surface area contributed by atoms with Crippen molar-refractivity contribution in [3.8, 4) is 0 Å². The van der Waals surface area contributed by atoms with Crippen LogP contribution in [-0.2, 0) is 11.3 Å². The fraction of sp³-hybridized carbons (Fsp3) is 0.500. The van der Waals surface area contributed by atoms with Crippen molar-refractivity contribution in [2.45, 2.75) is 38.6 Å². The molecule has 0 saturated carbocycles. The zero-order chi connectivity index (χ0) is 12.7. The topological polar surface area (TPSA) is 62.7 Å². The van der Waals surface area contributed by atoms with Crippen molar-refractivity contribution in [1.29, 1.82) is 0 Å². The average molecular weight is 236 g/mol. The lowest BCUT2D eigenvalue weighted by molar-refractivity contribution is -0.129. The average Bonchev–Trinajstić information content (AvgIpc) is 2.39. The van der Waals surface area contributed by atoms with E-state index in [0.29, 0.717) is 0 Å². The monoisotopic (exact) mass is 236 g/mol. The molecule has 5 nitrogen and oxygen atoms in total. The maximum absolute atomic E-state index is 11.7. The van der Waals surface area contributed by atoms with Crippen molar-refractivity contribution in [3.63, 3.8) is 0 Å². The lowest BCUT2D eigenvalue weighted by atomic mass is 9.96. The normalized spacial score (nSPS) is 27.1. The summed E-state index contributed by atoms with van der Waals surface area (Å²) in [5.74, 6) is 0. The van der Waals surface area contributed by atoms with Crippen LogP contribution in [0.1, 0.15) is 26.3 Å². The van der Waals surface area contributed by atoms with Gasteiger partial charge in [-0.05, 0) is 32.4 Å². The van der Waals surface area contributed by atoms with Crippen LogP contribution < -0.4 is 0 Å². The number of aliphatic hydroxyl groups is 1. The number of cyclic esters (lactones) is 1. The zero-order valence-electron chi connectivity index (χ0n) is 10.2. The van der Waals surface area contributed by atoms with E-state index in [4.69, 9.17) is 4.74 Å². The van der Waals surface area contributed by atoms with Gasteiger partial charge in [-0.1, -0.05) is 6.07 Å². The summed E-state index contributed by atoms with van der Waals surface area (Å²) in [4.78, 5) is 17.0. The van der Waals surface area contributed by atoms with Gasteiger partial charge in [0.25, 0.3) is 0 Å². The summed E-state index contributed by atoms with van der Waals surface area (Å²) in [7, 11) is 0. The predicted octanol–water partition coefficient (Wildman–Crippen LogP) is 1.52. The Balaban J connectivity index is 2.25. The predicted molar refractivity (Wildman–Crippen MR) is 61.0 cm³/mol. The van der Waals surface area contributed by atoms with Gasteiger partial charge in [0, 0.05) is 12.4 Å². The van der Waals surface area contributed by atoms with Crippen molar-refractivity contribution in [1.82, 2.24) is 9.88 Å². The second kappa shape index (κ2) is 3.70. The lowest BCUT2D eigenvalue weighted by Gasteiger charge is -2.34. The molecule has 1 amide bonds. The van der Waals surface area contributed by atoms with Crippen LogP contribution in [0.2, 0.25) is 0 Å². The third kappa shape index (κ3) is 1.86. The third-order valence-corrected chi connectivity index (χ3v) is 3.29. The molecule has 1 aromatic heterocycles. The Kier molecular flexibility index (Phi) is 2.58. The Morgan fingerprint density at radius 3 is 2.65 bits per heavy atom. The summed E-state index contributed by atoms with van der Waals surface area (Å²) < 4.78 is 5.17. The number of pyridine rings is 1. The number of amides is 1. The molecule has 1 atom stereocenters. The minimum atomic E-state index is -1.33. The first kappa shape index (κ1) is 11.9. The molecule has 0 aliphatic carbocycles. The molecular formula is C12H16N2O3. The van der Waals surface area contributed by atoms with Crippen LogP contribution in [-0.4, -0.2) is 32.4 Å². The minimum absolute atomic E-state index is 0.281. The van der Waals surface area contributed by atoms with E-state index in [1.807, 2.05) is 6.07 Å². The van der Waals surface area contributed by atoms with Crippen molar-refractivity contribution < 1.29 is 14.6 Å². The molecular weight excluding hydrogens is 220 g/mol. The van der Waals surface area contributed by atoms with E-state index in [2.05, 4.69) is 4.98 Å². The highest BCUT2D eigenvalue weighted by molar-refractivity contribution is 5.72. The molecule has 2 rings (SSSR count). The molecule has 17 heavy (non-hydrogen) atoms. The fourth-order valence-corrected chi connectivity index (χ4v) is 1.77. The second-order valence-corrected chi connectivity index (χ2v) is 4.85. The first-order valence-electron chi connectivity index (χ1n) is 5.46. The van der Waals surface area contributed by atoms with Crippen molar-refractivity contribution in [2.75, 3.05) is 0 Å². The Hall–Kier alpha value is -1.62. The van der Waals surface area contributed by atoms with Gasteiger partial charge in [-0.15, -0.1) is 0 Å². The molecule has 5 heteroatoms. The van der Waals surface area contributed by atoms with E-state index in [9.17, 15) is 9.90 Å². The SMILES string of the molecule is CC1(C)OC(=O)N(Cc2cccnc2)[C@]1(C)O. The number of carbonyl (C=O) groups excluding carboxylic acids is 1. The molecule has 1 aromatic rings. The maximum Gasteiger partial charge on any atom is 0.413 e. The summed E-state index contributed by atoms with van der Waals surface area (Å²) in [6.45, 7) is 5.24. The maximum atomic E-state index is 11.7. The number of carbonyl (C=O) groups is 1. The van der Waals surface area contributed by atoms with Gasteiger partial charge >= 0.3 is 6.09 Å². The number of nitrogens with zero attached hydrogens (tertiary/aromatic N) is 2. The molecule has 0 spiro atoms. The smallest absolute Gasteiger partial charge is 0.413 e. The van der Waals surface area contributed by atoms with Gasteiger partial charge in [0.2, 0.25) is 0 Å². The summed E-state index contributed by atoms with van der Waals surface area (Å²) in [5.41, 5.74) is -1.41. The molecule has 0 bridgehead atoms. The van der Waals surface area contributed by atoms with Gasteiger partial charge in [-0.3, -0.25) is 9.88 Å². The van der Waals surface area contributed by atoms with Crippen LogP contribution in [0.25, 0.3) is 0 Å². The van der Waals surface area contributed by atoms with Crippen LogP contribution in [0.4, 0.5) is 4.79 Å². The van der Waals surface area contributed by atoms with Crippen molar-refractivity contribution >= 4 is 6.09 Å². The molecule has 1 saturated heterocycles. The standard InChI is InChI=1S/C12H16N2O3/c1-11(2)12(3,16)14(10(15)17-11)8-9-5-4-6-13-7-9/h4-7,16H,8H2,1-3H3/t12-/m1/s1. The highest BCUT2D eigenvalue weighted by atomic mass is 16.6. The Labute approximate surface area is 100 Å². The van der Waals surface area contributed by atoms with E-state index in [-0.39, 0.29) is 6.54 Å². The van der Waals surface area contributed by atoms with Gasteiger partial charge in [-0.2, -0.15) is 0 Å². The third-order valence-electron chi connectivity index (χ3n) is 3.29. The second-order valence-electron chi connectivity index (χ2n) is 4.85. The summed E-state index contributed by atoms with van der Waals surface area (Å²) in [6.07, 6.45) is 2.81. The molecule has 92 valence electrons. The summed E-state index contributed by atoms with van der Waals surface area (Å²) in [5, 5.41) is 10.4. The number of ether oxygens (including phenoxy) is 1. The quantitative estimate of drug-likeness (QED) is 0.845. The molecule has 2 heterocycles. The molecule has 0 unspecified atom stereocenters. The highest BCUT2D eigenvalue weighted by Gasteiger charge is 2.56. The minimum Gasteiger partial charge on any atom is -0.438 e. The zero-order valence-corrected chi connectivity index (χ0v) is 10.2. The number of aromatic nitrogens is 1. The van der Waals surface area contributed by atoms with Gasteiger partial charge < -0.3 is 9.84 Å². The summed E-state index contributed by atoms with van der Waals surface area (Å²) >= 11 is 0. The van der Waals surface area contributed by atoms with Crippen molar-refractivity contribution in [3.05, 3.63) is 30.1 Å². The van der Waals surface area contributed by atoms with E-state index >= 15 is 0 Å². The molecule has 1 aliphatic heterocycles. The molecule has 0 aromatic carbocycles. The molecule has 1 aliphatic rings. The lowest BCUT2D eigenvalue weighted by Crippen LogP contribution is -2.53. The van der Waals surface area contributed by atoms with Crippen molar-refractivity contribution in [2.24, 2.45) is 0 Å². The van der Waals surface area contributed by atoms with Crippen LogP contribution in [0.5, 0.6) is 0 Å². The highest BCUT2D eigenvalue weighted by Crippen LogP contribution is 2.37. The van der Waals surface area contributed by atoms with E-state index < -0.39 is 17.4 Å². The number of hydrogen-bond acceptors (Lipinski definition) is 4. The van der Waals surface area contributed by atoms with Crippen LogP contribution in [0, 0.1) is 0 Å². The fourth-order valence-electron chi connectivity index (χ4n) is 1.77. The molecule has 1 fully saturated rings. The Bertz CT molecular complexity index is 429. The van der Waals surface area contributed by atoms with Crippen LogP contribution in [0.3, 0.4) is 0 Å². The van der Waals surface area contributed by atoms with Gasteiger partial charge in [-0.25, -0.2) is 4.79 Å². The molecule has 0 radical (unpaired) electrons. The Morgan fingerprint density at radius 1 is 1.47 bits per heavy atom. The van der Waals surface area contributed by atoms with Gasteiger partial charge in [0.05, 0.1) is 6.54 Å². The van der Waals surface area contributed by atoms with E-state index in [0.717, 1.165) is 5.56 Å². The molecule has 1 N–H and O–H groups in total. The Morgan fingerprint density at radius 2 is 2.18 bits per heavy atom. The summed E-state index contributed by atoms with van der Waals surface area (Å²) in [6, 6.07) is 3.64. The largest absolute Gasteiger partial charge is 0.438 e. The van der Waals surface area contributed by atoms with Gasteiger partial charge in [0.1, 0.15) is 0 Å².